The minimum Gasteiger partial charge on any atom is -0.485 e. The van der Waals surface area contributed by atoms with Crippen LogP contribution in [0.5, 0.6) is 5.75 Å². The summed E-state index contributed by atoms with van der Waals surface area (Å²) in [5.41, 5.74) is 1.66. The quantitative estimate of drug-likeness (QED) is 0.710. The normalized spacial score (nSPS) is 15.7. The van der Waals surface area contributed by atoms with E-state index in [0.717, 1.165) is 11.3 Å². The molecule has 0 saturated carbocycles. The average Bonchev–Trinajstić information content (AvgIpc) is 2.13. The molecule has 0 amide bonds. The number of ether oxygens (including phenoxy) is 2. The van der Waals surface area contributed by atoms with Gasteiger partial charge in [0.05, 0.1) is 24.8 Å². The lowest BCUT2D eigenvalue weighted by molar-refractivity contribution is -0.0799. The number of aryl methyl sites for hydroxylation is 1. The number of nitriles is 1. The van der Waals surface area contributed by atoms with E-state index < -0.39 is 0 Å². The highest BCUT2D eigenvalue weighted by Crippen LogP contribution is 2.21. The third kappa shape index (κ3) is 1.70. The topological polar surface area (TPSA) is 42.2 Å². The molecule has 72 valence electrons. The minimum atomic E-state index is 0.182. The van der Waals surface area contributed by atoms with Crippen molar-refractivity contribution in [1.82, 2.24) is 0 Å². The standard InChI is InChI=1S/C11H11NO2/c1-8-4-9(5-12)2-3-11(8)14-10-6-13-7-10/h2-4,10H,6-7H2,1H3. The molecule has 1 aliphatic rings. The lowest BCUT2D eigenvalue weighted by atomic mass is 10.1. The molecule has 0 radical (unpaired) electrons. The van der Waals surface area contributed by atoms with Crippen LogP contribution in [0.1, 0.15) is 11.1 Å². The Labute approximate surface area is 82.9 Å². The number of hydrogen-bond acceptors (Lipinski definition) is 3. The lowest BCUT2D eigenvalue weighted by Crippen LogP contribution is -2.38. The molecule has 1 aromatic carbocycles. The monoisotopic (exact) mass is 189 g/mol. The van der Waals surface area contributed by atoms with E-state index in [9.17, 15) is 0 Å². The third-order valence-electron chi connectivity index (χ3n) is 2.21. The number of benzene rings is 1. The van der Waals surface area contributed by atoms with Crippen LogP contribution in [0.3, 0.4) is 0 Å². The fourth-order valence-corrected chi connectivity index (χ4v) is 1.31. The minimum absolute atomic E-state index is 0.182. The van der Waals surface area contributed by atoms with Gasteiger partial charge in [0.25, 0.3) is 0 Å². The second-order valence-electron chi connectivity index (χ2n) is 3.37. The molecule has 0 spiro atoms. The van der Waals surface area contributed by atoms with Crippen LogP contribution in [0.2, 0.25) is 0 Å². The molecule has 1 heterocycles. The fourth-order valence-electron chi connectivity index (χ4n) is 1.31. The summed E-state index contributed by atoms with van der Waals surface area (Å²) in [5.74, 6) is 0.845. The highest BCUT2D eigenvalue weighted by molar-refractivity contribution is 5.41. The Morgan fingerprint density at radius 1 is 1.50 bits per heavy atom. The molecule has 0 aromatic heterocycles. The Bertz CT molecular complexity index is 377. The van der Waals surface area contributed by atoms with Gasteiger partial charge < -0.3 is 9.47 Å². The molecule has 1 saturated heterocycles. The van der Waals surface area contributed by atoms with Gasteiger partial charge in [0, 0.05) is 0 Å². The van der Waals surface area contributed by atoms with Crippen molar-refractivity contribution in [2.24, 2.45) is 0 Å². The van der Waals surface area contributed by atoms with E-state index in [4.69, 9.17) is 14.7 Å². The predicted molar refractivity (Wildman–Crippen MR) is 51.1 cm³/mol. The molecular formula is C11H11NO2. The van der Waals surface area contributed by atoms with Gasteiger partial charge in [0.2, 0.25) is 0 Å². The SMILES string of the molecule is Cc1cc(C#N)ccc1OC1COC1. The van der Waals surface area contributed by atoms with Crippen molar-refractivity contribution in [3.8, 4) is 11.8 Å². The van der Waals surface area contributed by atoms with E-state index in [1.54, 1.807) is 6.07 Å². The van der Waals surface area contributed by atoms with E-state index in [-0.39, 0.29) is 6.10 Å². The summed E-state index contributed by atoms with van der Waals surface area (Å²) in [6.45, 7) is 3.27. The van der Waals surface area contributed by atoms with E-state index in [2.05, 4.69) is 6.07 Å². The number of hydrogen-bond donors (Lipinski definition) is 0. The van der Waals surface area contributed by atoms with Crippen molar-refractivity contribution >= 4 is 0 Å². The molecule has 1 aromatic rings. The number of rotatable bonds is 2. The van der Waals surface area contributed by atoms with Crippen molar-refractivity contribution in [3.05, 3.63) is 29.3 Å². The van der Waals surface area contributed by atoms with Gasteiger partial charge in [-0.15, -0.1) is 0 Å². The second kappa shape index (κ2) is 3.69. The molecule has 0 bridgehead atoms. The molecule has 1 aliphatic heterocycles. The highest BCUT2D eigenvalue weighted by Gasteiger charge is 2.20. The van der Waals surface area contributed by atoms with Crippen LogP contribution in [0.4, 0.5) is 0 Å². The Morgan fingerprint density at radius 2 is 2.29 bits per heavy atom. The largest absolute Gasteiger partial charge is 0.485 e. The van der Waals surface area contributed by atoms with Crippen LogP contribution in [0.25, 0.3) is 0 Å². The van der Waals surface area contributed by atoms with Crippen LogP contribution in [-0.2, 0) is 4.74 Å². The molecule has 0 aliphatic carbocycles. The summed E-state index contributed by atoms with van der Waals surface area (Å²) in [5, 5.41) is 8.68. The van der Waals surface area contributed by atoms with Gasteiger partial charge in [0.1, 0.15) is 11.9 Å². The molecule has 2 rings (SSSR count). The first-order valence-corrected chi connectivity index (χ1v) is 4.55. The van der Waals surface area contributed by atoms with E-state index in [1.165, 1.54) is 0 Å². The first-order valence-electron chi connectivity index (χ1n) is 4.55. The molecular weight excluding hydrogens is 178 g/mol. The lowest BCUT2D eigenvalue weighted by Gasteiger charge is -2.27. The third-order valence-corrected chi connectivity index (χ3v) is 2.21. The summed E-state index contributed by atoms with van der Waals surface area (Å²) in [6, 6.07) is 7.53. The zero-order chi connectivity index (χ0) is 9.97. The Balaban J connectivity index is 2.14. The van der Waals surface area contributed by atoms with Crippen molar-refractivity contribution < 1.29 is 9.47 Å². The van der Waals surface area contributed by atoms with Gasteiger partial charge >= 0.3 is 0 Å². The van der Waals surface area contributed by atoms with Crippen molar-refractivity contribution in [2.45, 2.75) is 13.0 Å². The van der Waals surface area contributed by atoms with Gasteiger partial charge in [-0.3, -0.25) is 0 Å². The smallest absolute Gasteiger partial charge is 0.145 e. The maximum atomic E-state index is 8.68. The van der Waals surface area contributed by atoms with Crippen LogP contribution in [-0.4, -0.2) is 19.3 Å². The van der Waals surface area contributed by atoms with Crippen molar-refractivity contribution in [3.63, 3.8) is 0 Å². The Morgan fingerprint density at radius 3 is 2.79 bits per heavy atom. The predicted octanol–water partition coefficient (Wildman–Crippen LogP) is 1.64. The molecule has 1 fully saturated rings. The van der Waals surface area contributed by atoms with Gasteiger partial charge in [-0.25, -0.2) is 0 Å². The van der Waals surface area contributed by atoms with Crippen LogP contribution < -0.4 is 4.74 Å². The average molecular weight is 189 g/mol. The summed E-state index contributed by atoms with van der Waals surface area (Å²) < 4.78 is 10.7. The maximum absolute atomic E-state index is 8.68. The van der Waals surface area contributed by atoms with Gasteiger partial charge in [-0.2, -0.15) is 5.26 Å². The summed E-state index contributed by atoms with van der Waals surface area (Å²) in [4.78, 5) is 0. The van der Waals surface area contributed by atoms with E-state index >= 15 is 0 Å². The van der Waals surface area contributed by atoms with Gasteiger partial charge in [-0.1, -0.05) is 0 Å². The van der Waals surface area contributed by atoms with E-state index in [0.29, 0.717) is 18.8 Å². The van der Waals surface area contributed by atoms with Crippen molar-refractivity contribution in [2.75, 3.05) is 13.2 Å². The molecule has 0 atom stereocenters. The van der Waals surface area contributed by atoms with Gasteiger partial charge in [-0.05, 0) is 30.7 Å². The van der Waals surface area contributed by atoms with Crippen LogP contribution >= 0.6 is 0 Å². The zero-order valence-corrected chi connectivity index (χ0v) is 7.99. The molecule has 0 unspecified atom stereocenters. The molecule has 14 heavy (non-hydrogen) atoms. The number of nitrogens with zero attached hydrogens (tertiary/aromatic N) is 1. The molecule has 3 heteroatoms. The first kappa shape index (κ1) is 9.04. The Hall–Kier alpha value is -1.53. The molecule has 3 nitrogen and oxygen atoms in total. The van der Waals surface area contributed by atoms with Gasteiger partial charge in [0.15, 0.2) is 0 Å². The van der Waals surface area contributed by atoms with Crippen LogP contribution in [0, 0.1) is 18.3 Å². The second-order valence-corrected chi connectivity index (χ2v) is 3.37. The maximum Gasteiger partial charge on any atom is 0.145 e. The fraction of sp³-hybridized carbons (Fsp3) is 0.364. The highest BCUT2D eigenvalue weighted by atomic mass is 16.6. The zero-order valence-electron chi connectivity index (χ0n) is 7.99. The van der Waals surface area contributed by atoms with Crippen molar-refractivity contribution in [1.29, 1.82) is 5.26 Å². The Kier molecular flexibility index (Phi) is 2.38. The van der Waals surface area contributed by atoms with Crippen LogP contribution in [0.15, 0.2) is 18.2 Å². The summed E-state index contributed by atoms with van der Waals surface area (Å²) >= 11 is 0. The van der Waals surface area contributed by atoms with E-state index in [1.807, 2.05) is 19.1 Å². The first-order chi connectivity index (χ1) is 6.79. The summed E-state index contributed by atoms with van der Waals surface area (Å²) in [6.07, 6.45) is 0.182. The molecule has 0 N–H and O–H groups in total. The summed E-state index contributed by atoms with van der Waals surface area (Å²) in [7, 11) is 0.